The molecule has 1 aromatic carbocycles. The van der Waals surface area contributed by atoms with Crippen LogP contribution >= 0.6 is 11.6 Å². The van der Waals surface area contributed by atoms with Gasteiger partial charge in [-0.05, 0) is 18.9 Å². The van der Waals surface area contributed by atoms with Crippen molar-refractivity contribution in [2.75, 3.05) is 14.2 Å². The van der Waals surface area contributed by atoms with Crippen LogP contribution in [0, 0.1) is 0 Å². The molecule has 1 saturated carbocycles. The number of hydrogen-bond donors (Lipinski definition) is 2. The second-order valence-electron chi connectivity index (χ2n) is 4.67. The fourth-order valence-corrected chi connectivity index (χ4v) is 2.60. The summed E-state index contributed by atoms with van der Waals surface area (Å²) in [6.45, 7) is 0. The molecule has 0 atom stereocenters. The van der Waals surface area contributed by atoms with Crippen molar-refractivity contribution in [3.8, 4) is 17.2 Å². The van der Waals surface area contributed by atoms with Crippen LogP contribution in [-0.2, 0) is 10.2 Å². The van der Waals surface area contributed by atoms with Gasteiger partial charge in [-0.3, -0.25) is 4.79 Å². The lowest BCUT2D eigenvalue weighted by atomic mass is 9.91. The van der Waals surface area contributed by atoms with Gasteiger partial charge >= 0.3 is 5.97 Å². The number of aromatic hydroxyl groups is 1. The molecule has 0 amide bonds. The van der Waals surface area contributed by atoms with E-state index in [1.165, 1.54) is 14.2 Å². The molecule has 1 aromatic rings. The molecule has 0 saturated heterocycles. The van der Waals surface area contributed by atoms with E-state index in [0.29, 0.717) is 24.2 Å². The van der Waals surface area contributed by atoms with Crippen molar-refractivity contribution in [2.24, 2.45) is 0 Å². The van der Waals surface area contributed by atoms with Crippen molar-refractivity contribution in [1.29, 1.82) is 0 Å². The second kappa shape index (κ2) is 4.81. The van der Waals surface area contributed by atoms with E-state index in [1.54, 1.807) is 6.07 Å². The van der Waals surface area contributed by atoms with Gasteiger partial charge in [0, 0.05) is 11.0 Å². The fourth-order valence-electron chi connectivity index (χ4n) is 2.33. The third-order valence-corrected chi connectivity index (χ3v) is 3.85. The summed E-state index contributed by atoms with van der Waals surface area (Å²) in [6.07, 6.45) is 1.38. The van der Waals surface area contributed by atoms with Crippen molar-refractivity contribution in [3.63, 3.8) is 0 Å². The van der Waals surface area contributed by atoms with Gasteiger partial charge in [-0.15, -0.1) is 0 Å². The third-order valence-electron chi connectivity index (χ3n) is 3.50. The number of phenolic OH excluding ortho intramolecular Hbond substituents is 1. The molecule has 2 N–H and O–H groups in total. The van der Waals surface area contributed by atoms with Crippen molar-refractivity contribution < 1.29 is 24.5 Å². The van der Waals surface area contributed by atoms with E-state index in [-0.39, 0.29) is 22.9 Å². The lowest BCUT2D eigenvalue weighted by Gasteiger charge is -2.19. The molecular formula is C13H15ClO5. The van der Waals surface area contributed by atoms with Crippen molar-refractivity contribution in [3.05, 3.63) is 16.7 Å². The first-order valence-electron chi connectivity index (χ1n) is 5.81. The van der Waals surface area contributed by atoms with Crippen LogP contribution in [0.1, 0.15) is 24.8 Å². The standard InChI is InChI=1S/C13H15ClO5/c1-18-8-5-7(11(17)10(14)12(8)19-2)13(3-4-13)6-9(15)16/h5,17H,3-4,6H2,1-2H3,(H,15,16). The molecular weight excluding hydrogens is 272 g/mol. The number of ether oxygens (including phenoxy) is 2. The van der Waals surface area contributed by atoms with Crippen molar-refractivity contribution in [1.82, 2.24) is 0 Å². The number of benzene rings is 1. The maximum Gasteiger partial charge on any atom is 0.304 e. The molecule has 0 unspecified atom stereocenters. The van der Waals surface area contributed by atoms with Gasteiger partial charge in [0.15, 0.2) is 11.5 Å². The Kier molecular flexibility index (Phi) is 3.49. The summed E-state index contributed by atoms with van der Waals surface area (Å²) in [7, 11) is 2.89. The highest BCUT2D eigenvalue weighted by atomic mass is 35.5. The van der Waals surface area contributed by atoms with E-state index in [2.05, 4.69) is 0 Å². The van der Waals surface area contributed by atoms with Crippen LogP contribution < -0.4 is 9.47 Å². The van der Waals surface area contributed by atoms with Gasteiger partial charge in [0.05, 0.1) is 20.6 Å². The van der Waals surface area contributed by atoms with Crippen LogP contribution in [0.25, 0.3) is 0 Å². The summed E-state index contributed by atoms with van der Waals surface area (Å²) in [5, 5.41) is 19.2. The van der Waals surface area contributed by atoms with E-state index in [4.69, 9.17) is 26.2 Å². The monoisotopic (exact) mass is 286 g/mol. The third kappa shape index (κ3) is 2.30. The number of phenols is 1. The summed E-state index contributed by atoms with van der Waals surface area (Å²) in [4.78, 5) is 10.9. The molecule has 0 aliphatic heterocycles. The molecule has 0 heterocycles. The van der Waals surface area contributed by atoms with E-state index in [0.717, 1.165) is 0 Å². The lowest BCUT2D eigenvalue weighted by molar-refractivity contribution is -0.137. The van der Waals surface area contributed by atoms with Gasteiger partial charge in [0.1, 0.15) is 10.8 Å². The number of halogens is 1. The number of carboxylic acids is 1. The Morgan fingerprint density at radius 3 is 2.47 bits per heavy atom. The van der Waals surface area contributed by atoms with Gasteiger partial charge in [-0.1, -0.05) is 11.6 Å². The van der Waals surface area contributed by atoms with Crippen LogP contribution in [0.4, 0.5) is 0 Å². The van der Waals surface area contributed by atoms with Crippen molar-refractivity contribution in [2.45, 2.75) is 24.7 Å². The first kappa shape index (κ1) is 13.8. The molecule has 5 nitrogen and oxygen atoms in total. The predicted octanol–water partition coefficient (Wildman–Crippen LogP) is 2.57. The number of rotatable bonds is 5. The largest absolute Gasteiger partial charge is 0.506 e. The van der Waals surface area contributed by atoms with Crippen LogP contribution in [0.2, 0.25) is 5.02 Å². The molecule has 1 aliphatic rings. The zero-order valence-electron chi connectivity index (χ0n) is 10.7. The highest BCUT2D eigenvalue weighted by molar-refractivity contribution is 6.34. The Morgan fingerprint density at radius 1 is 1.42 bits per heavy atom. The Balaban J connectivity index is 2.53. The molecule has 0 bridgehead atoms. The molecule has 19 heavy (non-hydrogen) atoms. The van der Waals surface area contributed by atoms with E-state index >= 15 is 0 Å². The zero-order chi connectivity index (χ0) is 14.2. The SMILES string of the molecule is COc1cc(C2(CC(=O)O)CC2)c(O)c(Cl)c1OC. The molecule has 2 rings (SSSR count). The number of hydrogen-bond acceptors (Lipinski definition) is 4. The van der Waals surface area contributed by atoms with Gasteiger partial charge in [0.2, 0.25) is 0 Å². The maximum atomic E-state index is 10.9. The minimum absolute atomic E-state index is 0.0353. The number of carboxylic acid groups (broad SMARTS) is 1. The number of aliphatic carboxylic acids is 1. The quantitative estimate of drug-likeness (QED) is 0.870. The Labute approximate surface area is 115 Å². The van der Waals surface area contributed by atoms with Gasteiger partial charge < -0.3 is 19.7 Å². The first-order chi connectivity index (χ1) is 8.95. The fraction of sp³-hybridized carbons (Fsp3) is 0.462. The summed E-state index contributed by atoms with van der Waals surface area (Å²) in [5.41, 5.74) is -0.0309. The smallest absolute Gasteiger partial charge is 0.304 e. The van der Waals surface area contributed by atoms with Gasteiger partial charge in [-0.2, -0.15) is 0 Å². The van der Waals surface area contributed by atoms with Gasteiger partial charge in [-0.25, -0.2) is 0 Å². The minimum atomic E-state index is -0.900. The summed E-state index contributed by atoms with van der Waals surface area (Å²) in [5.74, 6) is -0.394. The Morgan fingerprint density at radius 2 is 2.05 bits per heavy atom. The van der Waals surface area contributed by atoms with Crippen LogP contribution in [0.5, 0.6) is 17.2 Å². The molecule has 104 valence electrons. The molecule has 1 aliphatic carbocycles. The first-order valence-corrected chi connectivity index (χ1v) is 6.18. The molecule has 6 heteroatoms. The maximum absolute atomic E-state index is 10.9. The van der Waals surface area contributed by atoms with E-state index in [1.807, 2.05) is 0 Å². The second-order valence-corrected chi connectivity index (χ2v) is 5.05. The van der Waals surface area contributed by atoms with E-state index < -0.39 is 11.4 Å². The normalized spacial score (nSPS) is 15.9. The predicted molar refractivity (Wildman–Crippen MR) is 69.4 cm³/mol. The lowest BCUT2D eigenvalue weighted by Crippen LogP contribution is -2.13. The van der Waals surface area contributed by atoms with Crippen LogP contribution in [0.15, 0.2) is 6.07 Å². The number of methoxy groups -OCH3 is 2. The zero-order valence-corrected chi connectivity index (χ0v) is 11.5. The molecule has 1 fully saturated rings. The van der Waals surface area contributed by atoms with Crippen molar-refractivity contribution >= 4 is 17.6 Å². The minimum Gasteiger partial charge on any atom is -0.506 e. The average Bonchev–Trinajstić information content (AvgIpc) is 3.11. The van der Waals surface area contributed by atoms with Crippen LogP contribution in [0.3, 0.4) is 0 Å². The topological polar surface area (TPSA) is 76.0 Å². The van der Waals surface area contributed by atoms with E-state index in [9.17, 15) is 9.90 Å². The highest BCUT2D eigenvalue weighted by Crippen LogP contribution is 2.57. The molecule has 0 aromatic heterocycles. The summed E-state index contributed by atoms with van der Waals surface area (Å²) >= 11 is 6.05. The molecule has 0 radical (unpaired) electrons. The Hall–Kier alpha value is -1.62. The highest BCUT2D eigenvalue weighted by Gasteiger charge is 2.48. The Bertz CT molecular complexity index is 522. The van der Waals surface area contributed by atoms with Crippen LogP contribution in [-0.4, -0.2) is 30.4 Å². The summed E-state index contributed by atoms with van der Waals surface area (Å²) in [6, 6.07) is 1.61. The summed E-state index contributed by atoms with van der Waals surface area (Å²) < 4.78 is 10.3. The molecule has 0 spiro atoms. The average molecular weight is 287 g/mol. The number of carbonyl (C=O) groups is 1. The van der Waals surface area contributed by atoms with Gasteiger partial charge in [0.25, 0.3) is 0 Å².